The first-order chi connectivity index (χ1) is 7.29. The zero-order valence-corrected chi connectivity index (χ0v) is 8.61. The smallest absolute Gasteiger partial charge is 0.338 e. The van der Waals surface area contributed by atoms with Crippen molar-refractivity contribution < 1.29 is 9.53 Å². The van der Waals surface area contributed by atoms with E-state index in [0.29, 0.717) is 12.1 Å². The zero-order valence-electron chi connectivity index (χ0n) is 8.61. The van der Waals surface area contributed by atoms with Crippen molar-refractivity contribution in [3.8, 4) is 0 Å². The van der Waals surface area contributed by atoms with Gasteiger partial charge in [0.2, 0.25) is 0 Å². The molecule has 0 saturated heterocycles. The van der Waals surface area contributed by atoms with Crippen LogP contribution in [0.15, 0.2) is 24.3 Å². The van der Waals surface area contributed by atoms with E-state index in [0.717, 1.165) is 18.4 Å². The second kappa shape index (κ2) is 4.45. The molecule has 80 valence electrons. The Bertz CT molecular complexity index is 341. The number of esters is 1. The Kier molecular flexibility index (Phi) is 3.02. The van der Waals surface area contributed by atoms with Gasteiger partial charge in [0.15, 0.2) is 0 Å². The summed E-state index contributed by atoms with van der Waals surface area (Å²) < 4.78 is 5.28. The average molecular weight is 205 g/mol. The minimum absolute atomic E-state index is 0.145. The molecule has 0 amide bonds. The van der Waals surface area contributed by atoms with Crippen LogP contribution >= 0.6 is 0 Å². The van der Waals surface area contributed by atoms with Gasteiger partial charge in [0.05, 0.1) is 5.56 Å². The summed E-state index contributed by atoms with van der Waals surface area (Å²) in [5, 5.41) is 0. The topological polar surface area (TPSA) is 52.3 Å². The van der Waals surface area contributed by atoms with Crippen molar-refractivity contribution in [1.82, 2.24) is 0 Å². The van der Waals surface area contributed by atoms with Gasteiger partial charge in [-0.05, 0) is 37.0 Å². The fourth-order valence-electron chi connectivity index (χ4n) is 1.48. The van der Waals surface area contributed by atoms with E-state index >= 15 is 0 Å². The van der Waals surface area contributed by atoms with Gasteiger partial charge >= 0.3 is 5.97 Å². The zero-order chi connectivity index (χ0) is 10.7. The van der Waals surface area contributed by atoms with Gasteiger partial charge in [0.1, 0.15) is 6.10 Å². The van der Waals surface area contributed by atoms with E-state index in [1.54, 1.807) is 12.1 Å². The standard InChI is InChI=1S/C12H15NO2/c13-8-9-4-6-10(7-5-9)12(14)15-11-2-1-3-11/h4-7,11H,1-3,8,13H2. The van der Waals surface area contributed by atoms with Gasteiger partial charge in [-0.2, -0.15) is 0 Å². The molecule has 0 atom stereocenters. The molecule has 0 spiro atoms. The summed E-state index contributed by atoms with van der Waals surface area (Å²) in [5.74, 6) is -0.219. The summed E-state index contributed by atoms with van der Waals surface area (Å²) in [6.45, 7) is 0.498. The highest BCUT2D eigenvalue weighted by molar-refractivity contribution is 5.89. The first-order valence-corrected chi connectivity index (χ1v) is 5.29. The Morgan fingerprint density at radius 2 is 2.00 bits per heavy atom. The van der Waals surface area contributed by atoms with E-state index in [9.17, 15) is 4.79 Å². The van der Waals surface area contributed by atoms with Crippen LogP contribution < -0.4 is 5.73 Å². The Hall–Kier alpha value is -1.35. The van der Waals surface area contributed by atoms with Gasteiger partial charge in [-0.3, -0.25) is 0 Å². The Labute approximate surface area is 89.2 Å². The van der Waals surface area contributed by atoms with E-state index in [-0.39, 0.29) is 12.1 Å². The molecule has 0 heterocycles. The van der Waals surface area contributed by atoms with Crippen LogP contribution in [-0.4, -0.2) is 12.1 Å². The molecule has 0 bridgehead atoms. The third-order valence-electron chi connectivity index (χ3n) is 2.75. The van der Waals surface area contributed by atoms with Gasteiger partial charge in [-0.15, -0.1) is 0 Å². The van der Waals surface area contributed by atoms with Crippen LogP contribution in [0.5, 0.6) is 0 Å². The molecule has 0 aliphatic heterocycles. The Balaban J connectivity index is 1.98. The van der Waals surface area contributed by atoms with Gasteiger partial charge in [-0.25, -0.2) is 4.79 Å². The quantitative estimate of drug-likeness (QED) is 0.766. The SMILES string of the molecule is NCc1ccc(C(=O)OC2CCC2)cc1. The fourth-order valence-corrected chi connectivity index (χ4v) is 1.48. The largest absolute Gasteiger partial charge is 0.459 e. The summed E-state index contributed by atoms with van der Waals surface area (Å²) in [4.78, 5) is 11.6. The molecule has 1 aromatic rings. The van der Waals surface area contributed by atoms with Crippen molar-refractivity contribution in [2.45, 2.75) is 31.9 Å². The number of hydrogen-bond donors (Lipinski definition) is 1. The van der Waals surface area contributed by atoms with Crippen LogP contribution in [0, 0.1) is 0 Å². The molecule has 1 aromatic carbocycles. The molecule has 0 radical (unpaired) electrons. The minimum atomic E-state index is -0.219. The molecule has 3 nitrogen and oxygen atoms in total. The van der Waals surface area contributed by atoms with Crippen molar-refractivity contribution in [3.63, 3.8) is 0 Å². The number of carbonyl (C=O) groups is 1. The fraction of sp³-hybridized carbons (Fsp3) is 0.417. The molecule has 2 N–H and O–H groups in total. The predicted octanol–water partition coefficient (Wildman–Crippen LogP) is 1.85. The number of hydrogen-bond acceptors (Lipinski definition) is 3. The first kappa shape index (κ1) is 10.2. The third kappa shape index (κ3) is 2.36. The molecular weight excluding hydrogens is 190 g/mol. The maximum atomic E-state index is 11.6. The van der Waals surface area contributed by atoms with Crippen molar-refractivity contribution in [3.05, 3.63) is 35.4 Å². The molecule has 0 aromatic heterocycles. The highest BCUT2D eigenvalue weighted by atomic mass is 16.5. The van der Waals surface area contributed by atoms with Crippen LogP contribution in [0.2, 0.25) is 0 Å². The van der Waals surface area contributed by atoms with Gasteiger partial charge < -0.3 is 10.5 Å². The van der Waals surface area contributed by atoms with Crippen LogP contribution in [0.1, 0.15) is 35.2 Å². The molecule has 1 fully saturated rings. The van der Waals surface area contributed by atoms with E-state index in [4.69, 9.17) is 10.5 Å². The molecule has 1 aliphatic rings. The van der Waals surface area contributed by atoms with Gasteiger partial charge in [-0.1, -0.05) is 12.1 Å². The predicted molar refractivity (Wildman–Crippen MR) is 57.4 cm³/mol. The van der Waals surface area contributed by atoms with E-state index in [2.05, 4.69) is 0 Å². The lowest BCUT2D eigenvalue weighted by atomic mass is 9.96. The number of benzene rings is 1. The monoisotopic (exact) mass is 205 g/mol. The maximum absolute atomic E-state index is 11.6. The van der Waals surface area contributed by atoms with Crippen LogP contribution in [-0.2, 0) is 11.3 Å². The molecule has 1 saturated carbocycles. The number of rotatable bonds is 3. The Morgan fingerprint density at radius 1 is 1.33 bits per heavy atom. The lowest BCUT2D eigenvalue weighted by Crippen LogP contribution is -2.25. The van der Waals surface area contributed by atoms with Crippen molar-refractivity contribution >= 4 is 5.97 Å². The molecule has 0 unspecified atom stereocenters. The molecule has 2 rings (SSSR count). The normalized spacial score (nSPS) is 15.8. The van der Waals surface area contributed by atoms with E-state index in [1.165, 1.54) is 6.42 Å². The lowest BCUT2D eigenvalue weighted by molar-refractivity contribution is 0.00901. The van der Waals surface area contributed by atoms with Gasteiger partial charge in [0.25, 0.3) is 0 Å². The number of ether oxygens (including phenoxy) is 1. The summed E-state index contributed by atoms with van der Waals surface area (Å²) in [6.07, 6.45) is 3.33. The minimum Gasteiger partial charge on any atom is -0.459 e. The van der Waals surface area contributed by atoms with E-state index < -0.39 is 0 Å². The summed E-state index contributed by atoms with van der Waals surface area (Å²) >= 11 is 0. The van der Waals surface area contributed by atoms with Crippen LogP contribution in [0.25, 0.3) is 0 Å². The third-order valence-corrected chi connectivity index (χ3v) is 2.75. The van der Waals surface area contributed by atoms with Crippen molar-refractivity contribution in [2.24, 2.45) is 5.73 Å². The molecular formula is C12H15NO2. The molecule has 1 aliphatic carbocycles. The Morgan fingerprint density at radius 3 is 2.47 bits per heavy atom. The van der Waals surface area contributed by atoms with Crippen molar-refractivity contribution in [2.75, 3.05) is 0 Å². The molecule has 15 heavy (non-hydrogen) atoms. The second-order valence-electron chi connectivity index (χ2n) is 3.86. The lowest BCUT2D eigenvalue weighted by Gasteiger charge is -2.25. The van der Waals surface area contributed by atoms with Crippen LogP contribution in [0.4, 0.5) is 0 Å². The van der Waals surface area contributed by atoms with E-state index in [1.807, 2.05) is 12.1 Å². The summed E-state index contributed by atoms with van der Waals surface area (Å²) in [6, 6.07) is 7.25. The average Bonchev–Trinajstić information content (AvgIpc) is 2.23. The van der Waals surface area contributed by atoms with Crippen LogP contribution in [0.3, 0.4) is 0 Å². The second-order valence-corrected chi connectivity index (χ2v) is 3.86. The number of carbonyl (C=O) groups excluding carboxylic acids is 1. The first-order valence-electron chi connectivity index (χ1n) is 5.29. The van der Waals surface area contributed by atoms with Crippen molar-refractivity contribution in [1.29, 1.82) is 0 Å². The number of nitrogens with two attached hydrogens (primary N) is 1. The highest BCUT2D eigenvalue weighted by Gasteiger charge is 2.22. The summed E-state index contributed by atoms with van der Waals surface area (Å²) in [5.41, 5.74) is 7.10. The maximum Gasteiger partial charge on any atom is 0.338 e. The highest BCUT2D eigenvalue weighted by Crippen LogP contribution is 2.23. The summed E-state index contributed by atoms with van der Waals surface area (Å²) in [7, 11) is 0. The van der Waals surface area contributed by atoms with Gasteiger partial charge in [0, 0.05) is 6.54 Å². The molecule has 3 heteroatoms.